The van der Waals surface area contributed by atoms with Gasteiger partial charge in [0.15, 0.2) is 0 Å². The molecule has 0 bridgehead atoms. The molecule has 114 valence electrons. The van der Waals surface area contributed by atoms with Crippen LogP contribution in [0.4, 0.5) is 4.39 Å². The molecular formula is C14H18FN3O2S. The van der Waals surface area contributed by atoms with Crippen LogP contribution in [-0.2, 0) is 10.0 Å². The highest BCUT2D eigenvalue weighted by atomic mass is 32.2. The molecule has 0 unspecified atom stereocenters. The summed E-state index contributed by atoms with van der Waals surface area (Å²) in [4.78, 5) is -0.343. The number of nitriles is 1. The Hall–Kier alpha value is -1.49. The summed E-state index contributed by atoms with van der Waals surface area (Å²) >= 11 is 0. The molecule has 1 fully saturated rings. The number of halogens is 1. The average Bonchev–Trinajstić information content (AvgIpc) is 2.46. The van der Waals surface area contributed by atoms with E-state index in [1.807, 2.05) is 0 Å². The Morgan fingerprint density at radius 1 is 1.33 bits per heavy atom. The van der Waals surface area contributed by atoms with E-state index in [1.54, 1.807) is 6.07 Å². The number of nitrogens with one attached hydrogen (secondary N) is 1. The normalized spacial score (nSPS) is 18.1. The molecule has 1 aromatic carbocycles. The van der Waals surface area contributed by atoms with Crippen LogP contribution in [-0.4, -0.2) is 20.5 Å². The van der Waals surface area contributed by atoms with Crippen LogP contribution in [0.1, 0.15) is 37.7 Å². The number of hydrogen-bond donors (Lipinski definition) is 2. The van der Waals surface area contributed by atoms with Crippen LogP contribution in [0.3, 0.4) is 0 Å². The lowest BCUT2D eigenvalue weighted by molar-refractivity contribution is 0.296. The van der Waals surface area contributed by atoms with Crippen molar-refractivity contribution in [1.29, 1.82) is 5.26 Å². The second-order valence-electron chi connectivity index (χ2n) is 5.47. The van der Waals surface area contributed by atoms with Gasteiger partial charge in [-0.3, -0.25) is 0 Å². The van der Waals surface area contributed by atoms with Crippen molar-refractivity contribution in [1.82, 2.24) is 4.72 Å². The van der Waals surface area contributed by atoms with E-state index in [4.69, 9.17) is 11.0 Å². The number of nitrogens with zero attached hydrogens (tertiary/aromatic N) is 1. The molecule has 1 aliphatic rings. The maximum Gasteiger partial charge on any atom is 0.242 e. The van der Waals surface area contributed by atoms with Crippen LogP contribution in [0.25, 0.3) is 0 Å². The standard InChI is InChI=1S/C14H18FN3O2S/c15-12-5-4-6-13(11(12)9-16)21(19,20)18-10-14(17)7-2-1-3-8-14/h4-6,18H,1-3,7-8,10,17H2. The minimum Gasteiger partial charge on any atom is -0.324 e. The number of sulfonamides is 1. The highest BCUT2D eigenvalue weighted by molar-refractivity contribution is 7.89. The van der Waals surface area contributed by atoms with Crippen molar-refractivity contribution in [2.24, 2.45) is 5.73 Å². The second kappa shape index (κ2) is 6.10. The zero-order chi connectivity index (χ0) is 15.5. The van der Waals surface area contributed by atoms with Crippen molar-refractivity contribution in [3.63, 3.8) is 0 Å². The smallest absolute Gasteiger partial charge is 0.242 e. The zero-order valence-corrected chi connectivity index (χ0v) is 12.4. The minimum atomic E-state index is -3.96. The van der Waals surface area contributed by atoms with Crippen molar-refractivity contribution < 1.29 is 12.8 Å². The number of rotatable bonds is 4. The van der Waals surface area contributed by atoms with Crippen molar-refractivity contribution in [3.8, 4) is 6.07 Å². The molecule has 5 nitrogen and oxygen atoms in total. The number of benzene rings is 1. The summed E-state index contributed by atoms with van der Waals surface area (Å²) in [7, 11) is -3.96. The van der Waals surface area contributed by atoms with E-state index < -0.39 is 26.9 Å². The van der Waals surface area contributed by atoms with Gasteiger partial charge in [-0.2, -0.15) is 5.26 Å². The van der Waals surface area contributed by atoms with Gasteiger partial charge >= 0.3 is 0 Å². The first-order chi connectivity index (χ1) is 9.88. The third-order valence-corrected chi connectivity index (χ3v) is 5.28. The van der Waals surface area contributed by atoms with Crippen molar-refractivity contribution in [2.45, 2.75) is 42.5 Å². The predicted molar refractivity (Wildman–Crippen MR) is 76.3 cm³/mol. The summed E-state index contributed by atoms with van der Waals surface area (Å²) in [6, 6.07) is 5.13. The SMILES string of the molecule is N#Cc1c(F)cccc1S(=O)(=O)NCC1(N)CCCCC1. The number of hydrogen-bond acceptors (Lipinski definition) is 4. The first-order valence-corrected chi connectivity index (χ1v) is 8.33. The molecule has 0 radical (unpaired) electrons. The maximum atomic E-state index is 13.5. The van der Waals surface area contributed by atoms with Gasteiger partial charge in [-0.25, -0.2) is 17.5 Å². The van der Waals surface area contributed by atoms with Crippen molar-refractivity contribution >= 4 is 10.0 Å². The minimum absolute atomic E-state index is 0.0940. The van der Waals surface area contributed by atoms with Gasteiger partial charge in [-0.1, -0.05) is 25.3 Å². The first-order valence-electron chi connectivity index (χ1n) is 6.85. The Morgan fingerprint density at radius 3 is 2.62 bits per heavy atom. The third-order valence-electron chi connectivity index (χ3n) is 3.84. The van der Waals surface area contributed by atoms with Gasteiger partial charge in [-0.05, 0) is 25.0 Å². The second-order valence-corrected chi connectivity index (χ2v) is 7.21. The lowest BCUT2D eigenvalue weighted by atomic mass is 9.83. The molecule has 0 aliphatic heterocycles. The largest absolute Gasteiger partial charge is 0.324 e. The summed E-state index contributed by atoms with van der Waals surface area (Å²) in [5, 5.41) is 8.92. The van der Waals surface area contributed by atoms with Gasteiger partial charge in [0.2, 0.25) is 10.0 Å². The maximum absolute atomic E-state index is 13.5. The van der Waals surface area contributed by atoms with E-state index in [0.29, 0.717) is 0 Å². The van der Waals surface area contributed by atoms with Gasteiger partial charge in [0.05, 0.1) is 0 Å². The molecule has 0 spiro atoms. The molecule has 7 heteroatoms. The molecule has 0 saturated heterocycles. The molecule has 1 aromatic rings. The van der Waals surface area contributed by atoms with E-state index >= 15 is 0 Å². The predicted octanol–water partition coefficient (Wildman–Crippen LogP) is 1.64. The molecular weight excluding hydrogens is 293 g/mol. The Balaban J connectivity index is 2.20. The molecule has 1 saturated carbocycles. The highest BCUT2D eigenvalue weighted by Gasteiger charge is 2.30. The van der Waals surface area contributed by atoms with Gasteiger partial charge in [0.25, 0.3) is 0 Å². The zero-order valence-electron chi connectivity index (χ0n) is 11.6. The average molecular weight is 311 g/mol. The summed E-state index contributed by atoms with van der Waals surface area (Å²) in [6.45, 7) is 0.0940. The molecule has 0 heterocycles. The summed E-state index contributed by atoms with van der Waals surface area (Å²) in [5.74, 6) is -0.847. The lowest BCUT2D eigenvalue weighted by Gasteiger charge is -2.33. The van der Waals surface area contributed by atoms with Gasteiger partial charge in [0.1, 0.15) is 22.3 Å². The molecule has 0 amide bonds. The topological polar surface area (TPSA) is 96.0 Å². The quantitative estimate of drug-likeness (QED) is 0.883. The Morgan fingerprint density at radius 2 is 2.00 bits per heavy atom. The Labute approximate surface area is 124 Å². The van der Waals surface area contributed by atoms with Crippen LogP contribution >= 0.6 is 0 Å². The van der Waals surface area contributed by atoms with Gasteiger partial charge < -0.3 is 5.73 Å². The van der Waals surface area contributed by atoms with Crippen LogP contribution in [0.2, 0.25) is 0 Å². The fourth-order valence-corrected chi connectivity index (χ4v) is 3.89. The van der Waals surface area contributed by atoms with E-state index in [1.165, 1.54) is 12.1 Å². The van der Waals surface area contributed by atoms with E-state index in [9.17, 15) is 12.8 Å². The van der Waals surface area contributed by atoms with E-state index in [0.717, 1.165) is 38.2 Å². The van der Waals surface area contributed by atoms with Crippen LogP contribution in [0.5, 0.6) is 0 Å². The van der Waals surface area contributed by atoms with Crippen LogP contribution in [0.15, 0.2) is 23.1 Å². The lowest BCUT2D eigenvalue weighted by Crippen LogP contribution is -2.51. The van der Waals surface area contributed by atoms with Gasteiger partial charge in [-0.15, -0.1) is 0 Å². The van der Waals surface area contributed by atoms with Crippen LogP contribution in [0, 0.1) is 17.1 Å². The third kappa shape index (κ3) is 3.59. The first kappa shape index (κ1) is 15.9. The Kier molecular flexibility index (Phi) is 4.61. The fourth-order valence-electron chi connectivity index (χ4n) is 2.59. The summed E-state index contributed by atoms with van der Waals surface area (Å²) < 4.78 is 40.5. The summed E-state index contributed by atoms with van der Waals surface area (Å²) in [5.41, 5.74) is 5.14. The molecule has 21 heavy (non-hydrogen) atoms. The van der Waals surface area contributed by atoms with Crippen molar-refractivity contribution in [3.05, 3.63) is 29.6 Å². The van der Waals surface area contributed by atoms with E-state index in [-0.39, 0.29) is 11.4 Å². The molecule has 2 rings (SSSR count). The molecule has 3 N–H and O–H groups in total. The molecule has 1 aliphatic carbocycles. The molecule has 0 atom stereocenters. The van der Waals surface area contributed by atoms with Crippen LogP contribution < -0.4 is 10.5 Å². The highest BCUT2D eigenvalue weighted by Crippen LogP contribution is 2.26. The monoisotopic (exact) mass is 311 g/mol. The Bertz CT molecular complexity index is 661. The summed E-state index contributed by atoms with van der Waals surface area (Å²) in [6.07, 6.45) is 4.56. The molecule has 0 aromatic heterocycles. The van der Waals surface area contributed by atoms with Gasteiger partial charge in [0, 0.05) is 12.1 Å². The van der Waals surface area contributed by atoms with E-state index in [2.05, 4.69) is 4.72 Å². The number of nitrogens with two attached hydrogens (primary N) is 1. The fraction of sp³-hybridized carbons (Fsp3) is 0.500. The van der Waals surface area contributed by atoms with Crippen molar-refractivity contribution in [2.75, 3.05) is 6.54 Å².